The van der Waals surface area contributed by atoms with Crippen molar-refractivity contribution in [3.8, 4) is 0 Å². The smallest absolute Gasteiger partial charge is 0.132 e. The van der Waals surface area contributed by atoms with E-state index in [9.17, 15) is 5.11 Å². The predicted molar refractivity (Wildman–Crippen MR) is 67.6 cm³/mol. The lowest BCUT2D eigenvalue weighted by Gasteiger charge is -2.23. The van der Waals surface area contributed by atoms with Crippen molar-refractivity contribution in [2.45, 2.75) is 18.8 Å². The molecule has 1 saturated carbocycles. The Balaban J connectivity index is 1.77. The fourth-order valence-corrected chi connectivity index (χ4v) is 2.34. The number of aromatic nitrogens is 2. The van der Waals surface area contributed by atoms with Gasteiger partial charge in [0.2, 0.25) is 0 Å². The summed E-state index contributed by atoms with van der Waals surface area (Å²) >= 11 is 0. The van der Waals surface area contributed by atoms with E-state index in [0.717, 1.165) is 24.6 Å². The molecule has 1 aromatic heterocycles. The molecule has 2 fully saturated rings. The molecule has 1 aliphatic heterocycles. The molecule has 1 N–H and O–H groups in total. The van der Waals surface area contributed by atoms with Gasteiger partial charge in [-0.1, -0.05) is 0 Å². The van der Waals surface area contributed by atoms with Crippen molar-refractivity contribution >= 4 is 5.82 Å². The van der Waals surface area contributed by atoms with E-state index in [4.69, 9.17) is 4.74 Å². The molecule has 2 aliphatic rings. The van der Waals surface area contributed by atoms with Gasteiger partial charge < -0.3 is 14.7 Å². The van der Waals surface area contributed by atoms with Crippen molar-refractivity contribution in [2.75, 3.05) is 37.8 Å². The summed E-state index contributed by atoms with van der Waals surface area (Å²) < 4.78 is 5.49. The van der Waals surface area contributed by atoms with E-state index < -0.39 is 0 Å². The van der Waals surface area contributed by atoms with E-state index in [0.29, 0.717) is 19.1 Å². The molecule has 5 nitrogen and oxygen atoms in total. The number of anilines is 1. The highest BCUT2D eigenvalue weighted by atomic mass is 16.5. The normalized spacial score (nSPS) is 24.9. The van der Waals surface area contributed by atoms with Crippen molar-refractivity contribution in [3.63, 3.8) is 0 Å². The molecule has 1 unspecified atom stereocenters. The number of aliphatic hydroxyl groups is 1. The molecule has 2 heterocycles. The van der Waals surface area contributed by atoms with Crippen molar-refractivity contribution in [1.29, 1.82) is 0 Å². The minimum Gasteiger partial charge on any atom is -0.396 e. The molecule has 0 bridgehead atoms. The number of hydrogen-bond acceptors (Lipinski definition) is 5. The zero-order valence-electron chi connectivity index (χ0n) is 10.5. The summed E-state index contributed by atoms with van der Waals surface area (Å²) in [5, 5.41) is 9.29. The van der Waals surface area contributed by atoms with Crippen LogP contribution in [0.3, 0.4) is 0 Å². The molecule has 1 saturated heterocycles. The quantitative estimate of drug-likeness (QED) is 0.858. The monoisotopic (exact) mass is 249 g/mol. The predicted octanol–water partition coefficient (Wildman–Crippen LogP) is 0.799. The lowest BCUT2D eigenvalue weighted by atomic mass is 10.1. The first-order chi connectivity index (χ1) is 8.86. The lowest BCUT2D eigenvalue weighted by molar-refractivity contribution is 0.0959. The summed E-state index contributed by atoms with van der Waals surface area (Å²) in [4.78, 5) is 10.9. The molecule has 0 amide bonds. The molecule has 1 aromatic rings. The van der Waals surface area contributed by atoms with Crippen molar-refractivity contribution in [1.82, 2.24) is 9.97 Å². The average Bonchev–Trinajstić information content (AvgIpc) is 3.25. The fourth-order valence-electron chi connectivity index (χ4n) is 2.34. The van der Waals surface area contributed by atoms with Gasteiger partial charge >= 0.3 is 0 Å². The maximum absolute atomic E-state index is 9.29. The van der Waals surface area contributed by atoms with Crippen molar-refractivity contribution < 1.29 is 9.84 Å². The zero-order valence-corrected chi connectivity index (χ0v) is 10.5. The van der Waals surface area contributed by atoms with Gasteiger partial charge in [-0.3, -0.25) is 0 Å². The number of nitrogens with zero attached hydrogens (tertiary/aromatic N) is 3. The Morgan fingerprint density at radius 2 is 2.28 bits per heavy atom. The van der Waals surface area contributed by atoms with Gasteiger partial charge in [0.1, 0.15) is 12.1 Å². The van der Waals surface area contributed by atoms with Crippen LogP contribution in [0.4, 0.5) is 5.82 Å². The maximum atomic E-state index is 9.29. The summed E-state index contributed by atoms with van der Waals surface area (Å²) in [7, 11) is 0. The van der Waals surface area contributed by atoms with Crippen LogP contribution in [0.25, 0.3) is 0 Å². The number of hydrogen-bond donors (Lipinski definition) is 1. The SMILES string of the molecule is OCC1COCCN(c2cc(C3CC3)ncn2)C1. The van der Waals surface area contributed by atoms with Crippen LogP contribution < -0.4 is 4.90 Å². The summed E-state index contributed by atoms with van der Waals surface area (Å²) in [6.45, 7) is 3.12. The second-order valence-corrected chi connectivity index (χ2v) is 5.14. The molecular formula is C13H19N3O2. The summed E-state index contributed by atoms with van der Waals surface area (Å²) in [6.07, 6.45) is 4.15. The summed E-state index contributed by atoms with van der Waals surface area (Å²) in [5.74, 6) is 1.78. The highest BCUT2D eigenvalue weighted by Crippen LogP contribution is 2.39. The highest BCUT2D eigenvalue weighted by Gasteiger charge is 2.26. The highest BCUT2D eigenvalue weighted by molar-refractivity contribution is 5.40. The van der Waals surface area contributed by atoms with Gasteiger partial charge in [0, 0.05) is 43.3 Å². The lowest BCUT2D eigenvalue weighted by Crippen LogP contribution is -2.32. The molecule has 5 heteroatoms. The second-order valence-electron chi connectivity index (χ2n) is 5.14. The van der Waals surface area contributed by atoms with Crippen LogP contribution in [-0.4, -0.2) is 48.0 Å². The third-order valence-corrected chi connectivity index (χ3v) is 3.59. The fraction of sp³-hybridized carbons (Fsp3) is 0.692. The van der Waals surface area contributed by atoms with E-state index in [1.54, 1.807) is 6.33 Å². The third kappa shape index (κ3) is 2.62. The van der Waals surface area contributed by atoms with Gasteiger partial charge in [0.15, 0.2) is 0 Å². The van der Waals surface area contributed by atoms with Crippen molar-refractivity contribution in [2.24, 2.45) is 5.92 Å². The topological polar surface area (TPSA) is 58.5 Å². The van der Waals surface area contributed by atoms with Crippen LogP contribution in [-0.2, 0) is 4.74 Å². The van der Waals surface area contributed by atoms with E-state index in [1.165, 1.54) is 12.8 Å². The van der Waals surface area contributed by atoms with Gasteiger partial charge in [0.05, 0.1) is 13.2 Å². The van der Waals surface area contributed by atoms with Crippen LogP contribution in [0, 0.1) is 5.92 Å². The van der Waals surface area contributed by atoms with Crippen LogP contribution >= 0.6 is 0 Å². The van der Waals surface area contributed by atoms with E-state index in [-0.39, 0.29) is 12.5 Å². The number of aliphatic hydroxyl groups excluding tert-OH is 1. The van der Waals surface area contributed by atoms with Gasteiger partial charge in [-0.25, -0.2) is 9.97 Å². The number of ether oxygens (including phenoxy) is 1. The molecule has 3 rings (SSSR count). The molecular weight excluding hydrogens is 230 g/mol. The molecule has 0 spiro atoms. The van der Waals surface area contributed by atoms with Crippen LogP contribution in [0.15, 0.2) is 12.4 Å². The molecule has 0 aromatic carbocycles. The minimum atomic E-state index is 0.164. The largest absolute Gasteiger partial charge is 0.396 e. The Labute approximate surface area is 107 Å². The second kappa shape index (κ2) is 5.20. The Kier molecular flexibility index (Phi) is 3.43. The average molecular weight is 249 g/mol. The van der Waals surface area contributed by atoms with Crippen LogP contribution in [0.1, 0.15) is 24.5 Å². The number of rotatable bonds is 3. The van der Waals surface area contributed by atoms with Gasteiger partial charge in [-0.05, 0) is 12.8 Å². The van der Waals surface area contributed by atoms with Crippen LogP contribution in [0.2, 0.25) is 0 Å². The standard InChI is InChI=1S/C13H19N3O2/c17-7-10-6-16(3-4-18-8-10)13-5-12(11-1-2-11)14-9-15-13/h5,9-11,17H,1-4,6-8H2. The molecule has 1 aliphatic carbocycles. The van der Waals surface area contributed by atoms with Crippen molar-refractivity contribution in [3.05, 3.63) is 18.1 Å². The first-order valence-corrected chi connectivity index (χ1v) is 6.62. The first kappa shape index (κ1) is 11.9. The summed E-state index contributed by atoms with van der Waals surface area (Å²) in [5.41, 5.74) is 1.16. The van der Waals surface area contributed by atoms with Gasteiger partial charge in [0.25, 0.3) is 0 Å². The van der Waals surface area contributed by atoms with Gasteiger partial charge in [-0.2, -0.15) is 0 Å². The zero-order chi connectivity index (χ0) is 12.4. The van der Waals surface area contributed by atoms with Gasteiger partial charge in [-0.15, -0.1) is 0 Å². The molecule has 1 atom stereocenters. The molecule has 0 radical (unpaired) electrons. The third-order valence-electron chi connectivity index (χ3n) is 3.59. The Morgan fingerprint density at radius 3 is 3.06 bits per heavy atom. The maximum Gasteiger partial charge on any atom is 0.132 e. The van der Waals surface area contributed by atoms with Crippen LogP contribution in [0.5, 0.6) is 0 Å². The van der Waals surface area contributed by atoms with E-state index in [2.05, 4.69) is 20.9 Å². The Morgan fingerprint density at radius 1 is 1.39 bits per heavy atom. The first-order valence-electron chi connectivity index (χ1n) is 6.62. The Hall–Kier alpha value is -1.20. The Bertz CT molecular complexity index is 409. The van der Waals surface area contributed by atoms with E-state index in [1.807, 2.05) is 0 Å². The summed E-state index contributed by atoms with van der Waals surface area (Å²) in [6, 6.07) is 2.09. The minimum absolute atomic E-state index is 0.164. The molecule has 18 heavy (non-hydrogen) atoms. The molecule has 98 valence electrons. The van der Waals surface area contributed by atoms with E-state index >= 15 is 0 Å².